The van der Waals surface area contributed by atoms with Crippen molar-refractivity contribution in [1.82, 2.24) is 19.1 Å². The van der Waals surface area contributed by atoms with Crippen LogP contribution in [0, 0.1) is 0 Å². The Bertz CT molecular complexity index is 1530. The Balaban J connectivity index is 1.60. The highest BCUT2D eigenvalue weighted by Crippen LogP contribution is 2.21. The predicted octanol–water partition coefficient (Wildman–Crippen LogP) is 1.79. The van der Waals surface area contributed by atoms with Crippen LogP contribution in [-0.4, -0.2) is 55.4 Å². The van der Waals surface area contributed by atoms with E-state index < -0.39 is 17.4 Å². The van der Waals surface area contributed by atoms with Crippen molar-refractivity contribution in [2.24, 2.45) is 12.1 Å². The predicted molar refractivity (Wildman–Crippen MR) is 137 cm³/mol. The molecule has 1 atom stereocenters. The van der Waals surface area contributed by atoms with Crippen LogP contribution in [0.15, 0.2) is 61.6 Å². The van der Waals surface area contributed by atoms with Crippen molar-refractivity contribution < 1.29 is 19.7 Å². The number of hydrogen-bond donors (Lipinski definition) is 4. The van der Waals surface area contributed by atoms with E-state index in [-0.39, 0.29) is 36.0 Å². The van der Waals surface area contributed by atoms with Gasteiger partial charge < -0.3 is 24.3 Å². The van der Waals surface area contributed by atoms with Crippen LogP contribution in [0.5, 0.6) is 17.2 Å². The number of fused-ring (bicyclic) bond motifs is 1. The number of aryl methyl sites for hydroxylation is 1. The topological polar surface area (TPSA) is 156 Å². The van der Waals surface area contributed by atoms with E-state index in [4.69, 9.17) is 9.47 Å². The number of anilines is 1. The molecule has 188 valence electrons. The number of phenols is 1. The number of benzene rings is 2. The third-order valence-electron chi connectivity index (χ3n) is 5.26. The van der Waals surface area contributed by atoms with Gasteiger partial charge in [0.2, 0.25) is 5.95 Å². The van der Waals surface area contributed by atoms with Gasteiger partial charge in [-0.15, -0.1) is 0 Å². The van der Waals surface area contributed by atoms with Crippen molar-refractivity contribution in [2.75, 3.05) is 19.1 Å². The lowest BCUT2D eigenvalue weighted by Crippen LogP contribution is -2.30. The molecule has 12 nitrogen and oxygen atoms in total. The molecule has 0 spiro atoms. The highest BCUT2D eigenvalue weighted by atomic mass is 79.9. The van der Waals surface area contributed by atoms with Gasteiger partial charge in [-0.05, 0) is 42.5 Å². The first-order valence-corrected chi connectivity index (χ1v) is 11.5. The SMILES string of the molecule is COc1ccc(OC[C@H](O)Cn2c(N/N=C/c3cc(Br)ccc3O)nc3c2c(=O)[nH]c(=O)n3C)cc1. The average molecular weight is 559 g/mol. The van der Waals surface area contributed by atoms with Crippen molar-refractivity contribution in [3.05, 3.63) is 73.3 Å². The Kier molecular flexibility index (Phi) is 7.41. The fourth-order valence-corrected chi connectivity index (χ4v) is 3.79. The van der Waals surface area contributed by atoms with Gasteiger partial charge in [-0.1, -0.05) is 15.9 Å². The number of aromatic amines is 1. The molecule has 0 saturated carbocycles. The van der Waals surface area contributed by atoms with Gasteiger partial charge in [0, 0.05) is 17.1 Å². The Morgan fingerprint density at radius 3 is 2.67 bits per heavy atom. The number of aromatic hydroxyl groups is 1. The van der Waals surface area contributed by atoms with Crippen molar-refractivity contribution in [3.63, 3.8) is 0 Å². The maximum atomic E-state index is 12.6. The van der Waals surface area contributed by atoms with Crippen molar-refractivity contribution in [2.45, 2.75) is 12.6 Å². The first-order chi connectivity index (χ1) is 17.3. The summed E-state index contributed by atoms with van der Waals surface area (Å²) in [5.41, 5.74) is 2.04. The highest BCUT2D eigenvalue weighted by molar-refractivity contribution is 9.10. The van der Waals surface area contributed by atoms with E-state index in [9.17, 15) is 19.8 Å². The van der Waals surface area contributed by atoms with E-state index in [1.165, 1.54) is 28.5 Å². The zero-order valence-electron chi connectivity index (χ0n) is 19.3. The Labute approximate surface area is 212 Å². The zero-order chi connectivity index (χ0) is 25.8. The molecule has 0 aliphatic rings. The lowest BCUT2D eigenvalue weighted by atomic mass is 10.2. The second-order valence-electron chi connectivity index (χ2n) is 7.75. The molecule has 2 aromatic carbocycles. The second-order valence-corrected chi connectivity index (χ2v) is 8.67. The molecule has 0 aliphatic heterocycles. The van der Waals surface area contributed by atoms with Gasteiger partial charge in [-0.25, -0.2) is 10.2 Å². The van der Waals surface area contributed by atoms with Gasteiger partial charge in [0.05, 0.1) is 19.9 Å². The zero-order valence-corrected chi connectivity index (χ0v) is 20.9. The van der Waals surface area contributed by atoms with Crippen molar-refractivity contribution >= 4 is 39.3 Å². The molecule has 2 aromatic heterocycles. The molecule has 36 heavy (non-hydrogen) atoms. The number of rotatable bonds is 9. The molecule has 4 rings (SSSR count). The molecule has 0 saturated heterocycles. The summed E-state index contributed by atoms with van der Waals surface area (Å²) in [5.74, 6) is 1.32. The van der Waals surface area contributed by atoms with Crippen LogP contribution in [0.4, 0.5) is 5.95 Å². The van der Waals surface area contributed by atoms with Crippen LogP contribution in [-0.2, 0) is 13.6 Å². The summed E-state index contributed by atoms with van der Waals surface area (Å²) >= 11 is 3.33. The largest absolute Gasteiger partial charge is 0.507 e. The fourth-order valence-electron chi connectivity index (χ4n) is 3.41. The standard InChI is InChI=1S/C23H23BrN6O6/c1-29-20-19(21(33)27-23(29)34)30(11-15(31)12-36-17-6-4-16(35-2)5-7-17)22(26-20)28-25-10-13-9-14(24)3-8-18(13)32/h3-10,15,31-32H,11-12H2,1-2H3,(H,26,28)(H,27,33,34)/b25-10+/t15-/m1/s1. The van der Waals surface area contributed by atoms with Gasteiger partial charge in [0.1, 0.15) is 30.0 Å². The molecule has 0 aliphatic carbocycles. The fraction of sp³-hybridized carbons (Fsp3) is 0.217. The van der Waals surface area contributed by atoms with E-state index in [0.29, 0.717) is 17.1 Å². The van der Waals surface area contributed by atoms with E-state index in [0.717, 1.165) is 4.47 Å². The average Bonchev–Trinajstić information content (AvgIpc) is 3.22. The molecule has 2 heterocycles. The molecule has 0 bridgehead atoms. The van der Waals surface area contributed by atoms with Crippen LogP contribution in [0.3, 0.4) is 0 Å². The highest BCUT2D eigenvalue weighted by Gasteiger charge is 2.20. The van der Waals surface area contributed by atoms with E-state index in [1.807, 2.05) is 0 Å². The molecule has 4 N–H and O–H groups in total. The molecular weight excluding hydrogens is 536 g/mol. The third-order valence-corrected chi connectivity index (χ3v) is 5.75. The number of aliphatic hydroxyl groups excluding tert-OH is 1. The minimum absolute atomic E-state index is 0.0159. The second kappa shape index (κ2) is 10.7. The van der Waals surface area contributed by atoms with Gasteiger partial charge in [-0.2, -0.15) is 10.1 Å². The maximum absolute atomic E-state index is 12.6. The van der Waals surface area contributed by atoms with Gasteiger partial charge in [0.25, 0.3) is 5.56 Å². The van der Waals surface area contributed by atoms with E-state index in [1.54, 1.807) is 43.5 Å². The summed E-state index contributed by atoms with van der Waals surface area (Å²) < 4.78 is 14.1. The number of aliphatic hydroxyl groups is 1. The number of nitrogens with zero attached hydrogens (tertiary/aromatic N) is 4. The summed E-state index contributed by atoms with van der Waals surface area (Å²) in [6.45, 7) is -0.168. The first-order valence-electron chi connectivity index (χ1n) is 10.7. The number of halogens is 1. The quantitative estimate of drug-likeness (QED) is 0.179. The maximum Gasteiger partial charge on any atom is 0.329 e. The number of imidazole rings is 1. The van der Waals surface area contributed by atoms with Crippen molar-refractivity contribution in [1.29, 1.82) is 0 Å². The number of aromatic nitrogens is 4. The summed E-state index contributed by atoms with van der Waals surface area (Å²) in [5, 5.41) is 24.8. The number of H-pyrrole nitrogens is 1. The minimum atomic E-state index is -1.04. The Morgan fingerprint density at radius 2 is 1.94 bits per heavy atom. The number of hydrogen-bond acceptors (Lipinski definition) is 9. The monoisotopic (exact) mass is 558 g/mol. The van der Waals surface area contributed by atoms with Gasteiger partial charge in [-0.3, -0.25) is 14.3 Å². The number of phenolic OH excluding ortho intramolecular Hbond substituents is 1. The lowest BCUT2D eigenvalue weighted by molar-refractivity contribution is 0.0938. The third kappa shape index (κ3) is 5.42. The normalized spacial score (nSPS) is 12.2. The van der Waals surface area contributed by atoms with E-state index >= 15 is 0 Å². The Hall–Kier alpha value is -4.10. The summed E-state index contributed by atoms with van der Waals surface area (Å²) in [7, 11) is 3.03. The summed E-state index contributed by atoms with van der Waals surface area (Å²) in [4.78, 5) is 31.3. The molecule has 13 heteroatoms. The number of nitrogens with one attached hydrogen (secondary N) is 2. The molecule has 0 radical (unpaired) electrons. The molecule has 0 amide bonds. The summed E-state index contributed by atoms with van der Waals surface area (Å²) in [6.07, 6.45) is 0.329. The van der Waals surface area contributed by atoms with Crippen LogP contribution in [0.2, 0.25) is 0 Å². The van der Waals surface area contributed by atoms with Crippen LogP contribution >= 0.6 is 15.9 Å². The lowest BCUT2D eigenvalue weighted by Gasteiger charge is -2.15. The minimum Gasteiger partial charge on any atom is -0.507 e. The van der Waals surface area contributed by atoms with Crippen LogP contribution in [0.25, 0.3) is 11.2 Å². The molecule has 0 unspecified atom stereocenters. The Morgan fingerprint density at radius 1 is 1.22 bits per heavy atom. The van der Waals surface area contributed by atoms with Crippen molar-refractivity contribution in [3.8, 4) is 17.2 Å². The molecular formula is C23H23BrN6O6. The van der Waals surface area contributed by atoms with Gasteiger partial charge >= 0.3 is 5.69 Å². The molecule has 0 fully saturated rings. The van der Waals surface area contributed by atoms with Crippen LogP contribution < -0.4 is 26.1 Å². The summed E-state index contributed by atoms with van der Waals surface area (Å²) in [6, 6.07) is 11.7. The van der Waals surface area contributed by atoms with E-state index in [2.05, 4.69) is 36.4 Å². The first kappa shape index (κ1) is 25.0. The number of ether oxygens (including phenoxy) is 2. The molecule has 4 aromatic rings. The number of methoxy groups -OCH3 is 1. The van der Waals surface area contributed by atoms with Crippen LogP contribution in [0.1, 0.15) is 5.56 Å². The smallest absolute Gasteiger partial charge is 0.329 e. The van der Waals surface area contributed by atoms with Gasteiger partial charge in [0.15, 0.2) is 11.2 Å². The number of hydrazone groups is 1.